The highest BCUT2D eigenvalue weighted by molar-refractivity contribution is 5.61. The van der Waals surface area contributed by atoms with Crippen molar-refractivity contribution in [3.05, 3.63) is 18.2 Å². The molecule has 4 nitrogen and oxygen atoms in total. The maximum Gasteiger partial charge on any atom is 0.144 e. The van der Waals surface area contributed by atoms with Crippen LogP contribution in [-0.4, -0.2) is 23.4 Å². The van der Waals surface area contributed by atoms with Crippen LogP contribution in [0.1, 0.15) is 40.5 Å². The summed E-state index contributed by atoms with van der Waals surface area (Å²) >= 11 is 0. The summed E-state index contributed by atoms with van der Waals surface area (Å²) in [4.78, 5) is 0. The Bertz CT molecular complexity index is 401. The molecule has 0 atom stereocenters. The van der Waals surface area contributed by atoms with Gasteiger partial charge >= 0.3 is 0 Å². The number of aliphatic hydroxyl groups is 1. The standard InChI is InChI=1S/C15H26N2O2/c1-5-15(18,6-2)10-17-12-7-8-13(16)14(9-12)19-11(3)4/h7-9,11,17-18H,5-6,10,16H2,1-4H3. The number of nitrogen functional groups attached to an aromatic ring is 1. The van der Waals surface area contributed by atoms with Crippen molar-refractivity contribution in [1.82, 2.24) is 0 Å². The minimum atomic E-state index is -0.666. The molecule has 1 aromatic rings. The zero-order valence-electron chi connectivity index (χ0n) is 12.4. The van der Waals surface area contributed by atoms with Crippen molar-refractivity contribution in [3.8, 4) is 5.75 Å². The van der Waals surface area contributed by atoms with Crippen LogP contribution in [0.15, 0.2) is 18.2 Å². The highest BCUT2D eigenvalue weighted by Gasteiger charge is 2.21. The number of anilines is 2. The molecule has 0 aliphatic rings. The van der Waals surface area contributed by atoms with Gasteiger partial charge in [0.25, 0.3) is 0 Å². The van der Waals surface area contributed by atoms with E-state index in [1.54, 1.807) is 0 Å². The number of ether oxygens (including phenoxy) is 1. The Kier molecular flexibility index (Phi) is 5.48. The van der Waals surface area contributed by atoms with Gasteiger partial charge in [-0.1, -0.05) is 13.8 Å². The van der Waals surface area contributed by atoms with Gasteiger partial charge in [0, 0.05) is 18.3 Å². The Labute approximate surface area is 116 Å². The number of nitrogens with one attached hydrogen (secondary N) is 1. The normalized spacial score (nSPS) is 11.7. The molecule has 0 bridgehead atoms. The number of nitrogens with two attached hydrogens (primary N) is 1. The Balaban J connectivity index is 2.74. The zero-order valence-corrected chi connectivity index (χ0v) is 12.4. The molecule has 108 valence electrons. The van der Waals surface area contributed by atoms with Crippen molar-refractivity contribution in [1.29, 1.82) is 0 Å². The van der Waals surface area contributed by atoms with Crippen molar-refractivity contribution in [2.24, 2.45) is 0 Å². The van der Waals surface area contributed by atoms with E-state index >= 15 is 0 Å². The molecule has 4 N–H and O–H groups in total. The molecule has 0 saturated carbocycles. The summed E-state index contributed by atoms with van der Waals surface area (Å²) in [5.41, 5.74) is 6.74. The van der Waals surface area contributed by atoms with E-state index < -0.39 is 5.60 Å². The van der Waals surface area contributed by atoms with Crippen LogP contribution >= 0.6 is 0 Å². The lowest BCUT2D eigenvalue weighted by Crippen LogP contribution is -2.35. The van der Waals surface area contributed by atoms with Gasteiger partial charge in [0.05, 0.1) is 17.4 Å². The monoisotopic (exact) mass is 266 g/mol. The summed E-state index contributed by atoms with van der Waals surface area (Å²) in [6.07, 6.45) is 1.53. The van der Waals surface area contributed by atoms with Crippen LogP contribution in [0.5, 0.6) is 5.75 Å². The number of rotatable bonds is 7. The lowest BCUT2D eigenvalue weighted by atomic mass is 9.97. The summed E-state index contributed by atoms with van der Waals surface area (Å²) < 4.78 is 5.64. The van der Waals surface area contributed by atoms with E-state index in [0.29, 0.717) is 18.0 Å². The number of benzene rings is 1. The quantitative estimate of drug-likeness (QED) is 0.664. The molecule has 19 heavy (non-hydrogen) atoms. The first kappa shape index (κ1) is 15.6. The third-order valence-electron chi connectivity index (χ3n) is 3.31. The maximum atomic E-state index is 10.2. The molecule has 0 fully saturated rings. The van der Waals surface area contributed by atoms with Crippen LogP contribution in [0, 0.1) is 0 Å². The van der Waals surface area contributed by atoms with E-state index in [4.69, 9.17) is 10.5 Å². The molecule has 0 spiro atoms. The van der Waals surface area contributed by atoms with E-state index in [2.05, 4.69) is 5.32 Å². The fourth-order valence-corrected chi connectivity index (χ4v) is 1.77. The lowest BCUT2D eigenvalue weighted by molar-refractivity contribution is 0.0457. The molecule has 0 aromatic heterocycles. The Hall–Kier alpha value is -1.42. The molecule has 1 rings (SSSR count). The second-order valence-corrected chi connectivity index (χ2v) is 5.20. The molecule has 0 heterocycles. The van der Waals surface area contributed by atoms with Crippen molar-refractivity contribution >= 4 is 11.4 Å². The van der Waals surface area contributed by atoms with E-state index in [0.717, 1.165) is 18.5 Å². The first-order valence-corrected chi connectivity index (χ1v) is 6.92. The molecule has 0 aliphatic carbocycles. The molecule has 0 saturated heterocycles. The summed E-state index contributed by atoms with van der Waals surface area (Å²) in [5, 5.41) is 13.5. The van der Waals surface area contributed by atoms with E-state index in [9.17, 15) is 5.11 Å². The van der Waals surface area contributed by atoms with Crippen molar-refractivity contribution in [2.75, 3.05) is 17.6 Å². The number of hydrogen-bond acceptors (Lipinski definition) is 4. The van der Waals surface area contributed by atoms with Crippen LogP contribution in [0.3, 0.4) is 0 Å². The van der Waals surface area contributed by atoms with Gasteiger partial charge < -0.3 is 20.9 Å². The summed E-state index contributed by atoms with van der Waals surface area (Å²) in [5.74, 6) is 0.677. The Morgan fingerprint density at radius 1 is 1.32 bits per heavy atom. The molecule has 4 heteroatoms. The van der Waals surface area contributed by atoms with E-state index in [-0.39, 0.29) is 6.10 Å². The molecular weight excluding hydrogens is 240 g/mol. The van der Waals surface area contributed by atoms with Crippen molar-refractivity contribution in [2.45, 2.75) is 52.2 Å². The van der Waals surface area contributed by atoms with Gasteiger partial charge in [-0.3, -0.25) is 0 Å². The third-order valence-corrected chi connectivity index (χ3v) is 3.31. The molecular formula is C15H26N2O2. The average molecular weight is 266 g/mol. The van der Waals surface area contributed by atoms with Crippen LogP contribution < -0.4 is 15.8 Å². The maximum absolute atomic E-state index is 10.2. The highest BCUT2D eigenvalue weighted by atomic mass is 16.5. The zero-order chi connectivity index (χ0) is 14.5. The van der Waals surface area contributed by atoms with E-state index in [1.807, 2.05) is 45.9 Å². The van der Waals surface area contributed by atoms with Crippen molar-refractivity contribution in [3.63, 3.8) is 0 Å². The predicted molar refractivity (Wildman–Crippen MR) is 80.6 cm³/mol. The SMILES string of the molecule is CCC(O)(CC)CNc1ccc(N)c(OC(C)C)c1. The number of hydrogen-bond donors (Lipinski definition) is 3. The summed E-state index contributed by atoms with van der Waals surface area (Å²) in [6, 6.07) is 5.59. The van der Waals surface area contributed by atoms with Gasteiger partial charge in [0.15, 0.2) is 0 Å². The van der Waals surface area contributed by atoms with Gasteiger partial charge in [0.1, 0.15) is 5.75 Å². The van der Waals surface area contributed by atoms with Crippen LogP contribution in [0.2, 0.25) is 0 Å². The lowest BCUT2D eigenvalue weighted by Gasteiger charge is -2.26. The first-order valence-electron chi connectivity index (χ1n) is 6.92. The third kappa shape index (κ3) is 4.63. The van der Waals surface area contributed by atoms with Gasteiger partial charge in [0.2, 0.25) is 0 Å². The van der Waals surface area contributed by atoms with Crippen LogP contribution in [0.4, 0.5) is 11.4 Å². The Morgan fingerprint density at radius 3 is 2.47 bits per heavy atom. The average Bonchev–Trinajstić information content (AvgIpc) is 2.39. The molecule has 0 radical (unpaired) electrons. The fourth-order valence-electron chi connectivity index (χ4n) is 1.77. The molecule has 0 amide bonds. The van der Waals surface area contributed by atoms with Gasteiger partial charge in [-0.25, -0.2) is 0 Å². The highest BCUT2D eigenvalue weighted by Crippen LogP contribution is 2.27. The molecule has 0 unspecified atom stereocenters. The van der Waals surface area contributed by atoms with Crippen LogP contribution in [-0.2, 0) is 0 Å². The van der Waals surface area contributed by atoms with Gasteiger partial charge in [-0.2, -0.15) is 0 Å². The second kappa shape index (κ2) is 6.66. The minimum absolute atomic E-state index is 0.0840. The van der Waals surface area contributed by atoms with Crippen LogP contribution in [0.25, 0.3) is 0 Å². The topological polar surface area (TPSA) is 67.5 Å². The Morgan fingerprint density at radius 2 is 1.95 bits per heavy atom. The van der Waals surface area contributed by atoms with Gasteiger partial charge in [-0.15, -0.1) is 0 Å². The van der Waals surface area contributed by atoms with Crippen molar-refractivity contribution < 1.29 is 9.84 Å². The molecule has 0 aliphatic heterocycles. The summed E-state index contributed by atoms with van der Waals surface area (Å²) in [7, 11) is 0. The second-order valence-electron chi connectivity index (χ2n) is 5.20. The minimum Gasteiger partial charge on any atom is -0.489 e. The largest absolute Gasteiger partial charge is 0.489 e. The van der Waals surface area contributed by atoms with Gasteiger partial charge in [-0.05, 0) is 38.8 Å². The predicted octanol–water partition coefficient (Wildman–Crippen LogP) is 3.02. The molecule has 1 aromatic carbocycles. The van der Waals surface area contributed by atoms with E-state index in [1.165, 1.54) is 0 Å². The first-order chi connectivity index (χ1) is 8.90. The fraction of sp³-hybridized carbons (Fsp3) is 0.600. The smallest absolute Gasteiger partial charge is 0.144 e. The summed E-state index contributed by atoms with van der Waals surface area (Å²) in [6.45, 7) is 8.42.